The van der Waals surface area contributed by atoms with Gasteiger partial charge >= 0.3 is 0 Å². The van der Waals surface area contributed by atoms with Crippen molar-refractivity contribution in [1.82, 2.24) is 20.1 Å². The van der Waals surface area contributed by atoms with E-state index >= 15 is 0 Å². The molecule has 0 fully saturated rings. The van der Waals surface area contributed by atoms with E-state index in [-0.39, 0.29) is 11.7 Å². The lowest BCUT2D eigenvalue weighted by Crippen LogP contribution is -2.24. The highest BCUT2D eigenvalue weighted by molar-refractivity contribution is 7.99. The molecule has 9 heteroatoms. The van der Waals surface area contributed by atoms with Crippen LogP contribution in [-0.4, -0.2) is 40.6 Å². The van der Waals surface area contributed by atoms with Gasteiger partial charge in [0.2, 0.25) is 5.91 Å². The Hall–Kier alpha value is -3.30. The van der Waals surface area contributed by atoms with Gasteiger partial charge in [0.05, 0.1) is 37.8 Å². The number of thioether (sulfide) groups is 1. The standard InChI is InChI=1S/C23H22N4O3S2/c1-29-17-11-9-16(10-12-17)27-22(19-7-3-4-8-20(19)30-2)25-26-23(27)32-15-21(28)24-14-18-6-5-13-31-18/h3-13H,14-15H2,1-2H3,(H,24,28). The van der Waals surface area contributed by atoms with Crippen LogP contribution in [0, 0.1) is 0 Å². The molecule has 7 nitrogen and oxygen atoms in total. The van der Waals surface area contributed by atoms with E-state index in [4.69, 9.17) is 9.47 Å². The third-order valence-electron chi connectivity index (χ3n) is 4.68. The van der Waals surface area contributed by atoms with Crippen LogP contribution in [0.5, 0.6) is 11.5 Å². The molecule has 0 aliphatic heterocycles. The lowest BCUT2D eigenvalue weighted by Gasteiger charge is -2.13. The van der Waals surface area contributed by atoms with Gasteiger partial charge in [-0.3, -0.25) is 9.36 Å². The molecule has 0 unspecified atom stereocenters. The van der Waals surface area contributed by atoms with Crippen LogP contribution in [0.15, 0.2) is 71.2 Å². The van der Waals surface area contributed by atoms with Crippen molar-refractivity contribution < 1.29 is 14.3 Å². The van der Waals surface area contributed by atoms with Crippen molar-refractivity contribution >= 4 is 29.0 Å². The van der Waals surface area contributed by atoms with E-state index in [1.807, 2.05) is 70.6 Å². The lowest BCUT2D eigenvalue weighted by atomic mass is 10.2. The first-order valence-corrected chi connectivity index (χ1v) is 11.7. The number of hydrogen-bond donors (Lipinski definition) is 1. The van der Waals surface area contributed by atoms with Gasteiger partial charge in [0.25, 0.3) is 0 Å². The second-order valence-electron chi connectivity index (χ2n) is 6.68. The Balaban J connectivity index is 1.61. The van der Waals surface area contributed by atoms with Crippen LogP contribution in [0.2, 0.25) is 0 Å². The Morgan fingerprint density at radius 1 is 1.03 bits per heavy atom. The highest BCUT2D eigenvalue weighted by Crippen LogP contribution is 2.33. The first-order valence-electron chi connectivity index (χ1n) is 9.84. The lowest BCUT2D eigenvalue weighted by molar-refractivity contribution is -0.118. The monoisotopic (exact) mass is 466 g/mol. The maximum Gasteiger partial charge on any atom is 0.230 e. The van der Waals surface area contributed by atoms with Crippen molar-refractivity contribution in [2.24, 2.45) is 0 Å². The number of nitrogens with zero attached hydrogens (tertiary/aromatic N) is 3. The molecular weight excluding hydrogens is 444 g/mol. The zero-order valence-electron chi connectivity index (χ0n) is 17.6. The van der Waals surface area contributed by atoms with Crippen LogP contribution in [0.4, 0.5) is 0 Å². The first kappa shape index (κ1) is 21.9. The average Bonchev–Trinajstić information content (AvgIpc) is 3.51. The third-order valence-corrected chi connectivity index (χ3v) is 6.49. The predicted molar refractivity (Wildman–Crippen MR) is 127 cm³/mol. The van der Waals surface area contributed by atoms with Gasteiger partial charge in [0.15, 0.2) is 11.0 Å². The number of hydrogen-bond acceptors (Lipinski definition) is 7. The molecular formula is C23H22N4O3S2. The molecule has 0 spiro atoms. The molecule has 0 aliphatic carbocycles. The van der Waals surface area contributed by atoms with E-state index in [2.05, 4.69) is 15.5 Å². The molecule has 0 radical (unpaired) electrons. The number of amides is 1. The van der Waals surface area contributed by atoms with E-state index in [0.717, 1.165) is 21.9 Å². The van der Waals surface area contributed by atoms with Gasteiger partial charge in [-0.05, 0) is 47.8 Å². The quantitative estimate of drug-likeness (QED) is 0.368. The number of carbonyl (C=O) groups excluding carboxylic acids is 1. The van der Waals surface area contributed by atoms with Crippen molar-refractivity contribution in [3.05, 3.63) is 70.9 Å². The van der Waals surface area contributed by atoms with Gasteiger partial charge in [-0.2, -0.15) is 0 Å². The van der Waals surface area contributed by atoms with E-state index in [1.54, 1.807) is 25.6 Å². The minimum Gasteiger partial charge on any atom is -0.497 e. The number of rotatable bonds is 9. The van der Waals surface area contributed by atoms with Crippen LogP contribution >= 0.6 is 23.1 Å². The molecule has 164 valence electrons. The molecule has 2 aromatic carbocycles. The molecule has 0 saturated heterocycles. The van der Waals surface area contributed by atoms with Gasteiger partial charge < -0.3 is 14.8 Å². The Kier molecular flexibility index (Phi) is 7.08. The minimum atomic E-state index is -0.0634. The van der Waals surface area contributed by atoms with Crippen molar-refractivity contribution in [3.8, 4) is 28.6 Å². The predicted octanol–water partition coefficient (Wildman–Crippen LogP) is 4.42. The minimum absolute atomic E-state index is 0.0634. The smallest absolute Gasteiger partial charge is 0.230 e. The summed E-state index contributed by atoms with van der Waals surface area (Å²) in [6.07, 6.45) is 0. The van der Waals surface area contributed by atoms with Crippen LogP contribution in [0.1, 0.15) is 4.88 Å². The van der Waals surface area contributed by atoms with E-state index < -0.39 is 0 Å². The van der Waals surface area contributed by atoms with Crippen molar-refractivity contribution in [2.45, 2.75) is 11.7 Å². The fraction of sp³-hybridized carbons (Fsp3) is 0.174. The number of carbonyl (C=O) groups is 1. The second-order valence-corrected chi connectivity index (χ2v) is 8.66. The molecule has 4 aromatic rings. The van der Waals surface area contributed by atoms with Crippen molar-refractivity contribution in [3.63, 3.8) is 0 Å². The summed E-state index contributed by atoms with van der Waals surface area (Å²) in [4.78, 5) is 13.5. The Labute approximate surface area is 194 Å². The highest BCUT2D eigenvalue weighted by atomic mass is 32.2. The highest BCUT2D eigenvalue weighted by Gasteiger charge is 2.20. The van der Waals surface area contributed by atoms with Gasteiger partial charge in [-0.15, -0.1) is 21.5 Å². The van der Waals surface area contributed by atoms with Gasteiger partial charge in [-0.1, -0.05) is 30.0 Å². The summed E-state index contributed by atoms with van der Waals surface area (Å²) in [5.41, 5.74) is 1.67. The number of ether oxygens (including phenoxy) is 2. The SMILES string of the molecule is COc1ccc(-n2c(SCC(=O)NCc3cccs3)nnc2-c2ccccc2OC)cc1. The van der Waals surface area contributed by atoms with Crippen LogP contribution in [-0.2, 0) is 11.3 Å². The summed E-state index contributed by atoms with van der Waals surface area (Å²) >= 11 is 2.95. The maximum atomic E-state index is 12.4. The zero-order valence-corrected chi connectivity index (χ0v) is 19.3. The number of aromatic nitrogens is 3. The van der Waals surface area contributed by atoms with Crippen LogP contribution < -0.4 is 14.8 Å². The number of benzene rings is 2. The van der Waals surface area contributed by atoms with Crippen LogP contribution in [0.25, 0.3) is 17.1 Å². The summed E-state index contributed by atoms with van der Waals surface area (Å²) < 4.78 is 12.7. The van der Waals surface area contributed by atoms with Crippen molar-refractivity contribution in [1.29, 1.82) is 0 Å². The van der Waals surface area contributed by atoms with Crippen molar-refractivity contribution in [2.75, 3.05) is 20.0 Å². The molecule has 0 aliphatic rings. The Bertz CT molecular complexity index is 1170. The summed E-state index contributed by atoms with van der Waals surface area (Å²) in [6, 6.07) is 19.2. The fourth-order valence-corrected chi connectivity index (χ4v) is 4.54. The third kappa shape index (κ3) is 4.95. The molecule has 2 aromatic heterocycles. The summed E-state index contributed by atoms with van der Waals surface area (Å²) in [7, 11) is 3.25. The molecule has 4 rings (SSSR count). The Morgan fingerprint density at radius 2 is 1.84 bits per heavy atom. The molecule has 0 bridgehead atoms. The largest absolute Gasteiger partial charge is 0.497 e. The van der Waals surface area contributed by atoms with Gasteiger partial charge in [-0.25, -0.2) is 0 Å². The fourth-order valence-electron chi connectivity index (χ4n) is 3.11. The first-order chi connectivity index (χ1) is 15.7. The Morgan fingerprint density at radius 3 is 2.56 bits per heavy atom. The van der Waals surface area contributed by atoms with E-state index in [0.29, 0.717) is 23.3 Å². The maximum absolute atomic E-state index is 12.4. The zero-order chi connectivity index (χ0) is 22.3. The van der Waals surface area contributed by atoms with E-state index in [9.17, 15) is 4.79 Å². The number of para-hydroxylation sites is 1. The molecule has 1 amide bonds. The molecule has 32 heavy (non-hydrogen) atoms. The number of thiophene rings is 1. The van der Waals surface area contributed by atoms with Gasteiger partial charge in [0.1, 0.15) is 11.5 Å². The van der Waals surface area contributed by atoms with E-state index in [1.165, 1.54) is 11.8 Å². The number of nitrogens with one attached hydrogen (secondary N) is 1. The topological polar surface area (TPSA) is 78.3 Å². The molecule has 2 heterocycles. The summed E-state index contributed by atoms with van der Waals surface area (Å²) in [5, 5.41) is 14.4. The second kappa shape index (κ2) is 10.3. The summed E-state index contributed by atoms with van der Waals surface area (Å²) in [6.45, 7) is 0.523. The van der Waals surface area contributed by atoms with Crippen LogP contribution in [0.3, 0.4) is 0 Å². The molecule has 0 saturated carbocycles. The molecule has 0 atom stereocenters. The molecule has 1 N–H and O–H groups in total. The van der Waals surface area contributed by atoms with Gasteiger partial charge in [0, 0.05) is 4.88 Å². The summed E-state index contributed by atoms with van der Waals surface area (Å²) in [5.74, 6) is 2.24. The average molecular weight is 467 g/mol. The normalized spacial score (nSPS) is 10.7. The number of methoxy groups -OCH3 is 2.